The van der Waals surface area contributed by atoms with E-state index in [2.05, 4.69) is 31.2 Å². The van der Waals surface area contributed by atoms with Gasteiger partial charge in [0.2, 0.25) is 5.89 Å². The van der Waals surface area contributed by atoms with Crippen LogP contribution in [0.1, 0.15) is 10.6 Å². The molecule has 0 aliphatic rings. The van der Waals surface area contributed by atoms with E-state index in [1.807, 2.05) is 6.07 Å². The molecule has 3 aromatic heterocycles. The van der Waals surface area contributed by atoms with Gasteiger partial charge in [-0.3, -0.25) is 19.9 Å². The smallest absolute Gasteiger partial charge is 0.291 e. The van der Waals surface area contributed by atoms with Gasteiger partial charge < -0.3 is 14.2 Å². The Morgan fingerprint density at radius 1 is 1.03 bits per heavy atom. The van der Waals surface area contributed by atoms with Gasteiger partial charge in [-0.15, -0.1) is 0 Å². The summed E-state index contributed by atoms with van der Waals surface area (Å²) < 4.78 is 12.2. The molecular weight excluding hydrogens is 492 g/mol. The number of pyridine rings is 1. The number of nitrogens with zero attached hydrogens (tertiary/aromatic N) is 3. The summed E-state index contributed by atoms with van der Waals surface area (Å²) in [6, 6.07) is 16.1. The summed E-state index contributed by atoms with van der Waals surface area (Å²) >= 11 is 3.37. The van der Waals surface area contributed by atoms with E-state index >= 15 is 0 Å². The normalized spacial score (nSPS) is 10.9. The van der Waals surface area contributed by atoms with Crippen molar-refractivity contribution in [3.63, 3.8) is 0 Å². The Balaban J connectivity index is 1.38. The van der Waals surface area contributed by atoms with Crippen LogP contribution >= 0.6 is 15.9 Å². The Kier molecular flexibility index (Phi) is 5.19. The van der Waals surface area contributed by atoms with Crippen molar-refractivity contribution in [3.05, 3.63) is 93.4 Å². The molecule has 1 N–H and O–H groups in total. The van der Waals surface area contributed by atoms with E-state index in [1.54, 1.807) is 48.8 Å². The van der Waals surface area contributed by atoms with Crippen LogP contribution in [0.5, 0.6) is 0 Å². The third kappa shape index (κ3) is 4.11. The molecule has 0 bridgehead atoms. The Labute approximate surface area is 194 Å². The number of anilines is 1. The van der Waals surface area contributed by atoms with Crippen molar-refractivity contribution >= 4 is 44.3 Å². The number of fused-ring (bicyclic) bond motifs is 1. The van der Waals surface area contributed by atoms with Gasteiger partial charge in [0.05, 0.1) is 16.1 Å². The number of aromatic nitrogens is 2. The molecular formula is C23H13BrN4O5. The molecule has 0 radical (unpaired) electrons. The zero-order valence-corrected chi connectivity index (χ0v) is 18.3. The maximum absolute atomic E-state index is 12.7. The second-order valence-corrected chi connectivity index (χ2v) is 7.90. The van der Waals surface area contributed by atoms with Gasteiger partial charge >= 0.3 is 0 Å². The third-order valence-corrected chi connectivity index (χ3v) is 5.23. The highest BCUT2D eigenvalue weighted by Gasteiger charge is 2.19. The average Bonchev–Trinajstić information content (AvgIpc) is 3.46. The average molecular weight is 505 g/mol. The molecule has 0 unspecified atom stereocenters. The van der Waals surface area contributed by atoms with Crippen LogP contribution in [0.2, 0.25) is 0 Å². The molecule has 0 atom stereocenters. The fraction of sp³-hybridized carbons (Fsp3) is 0. The quantitative estimate of drug-likeness (QED) is 0.227. The van der Waals surface area contributed by atoms with Crippen LogP contribution in [-0.4, -0.2) is 20.8 Å². The predicted octanol–water partition coefficient (Wildman–Crippen LogP) is 6.07. The molecule has 0 saturated heterocycles. The number of oxazole rings is 1. The molecule has 2 aromatic carbocycles. The Bertz CT molecular complexity index is 1520. The number of halogens is 1. The fourth-order valence-electron chi connectivity index (χ4n) is 3.30. The van der Waals surface area contributed by atoms with Crippen LogP contribution in [0, 0.1) is 10.1 Å². The summed E-state index contributed by atoms with van der Waals surface area (Å²) in [4.78, 5) is 32.0. The van der Waals surface area contributed by atoms with Crippen molar-refractivity contribution in [1.82, 2.24) is 9.97 Å². The minimum atomic E-state index is -0.501. The lowest BCUT2D eigenvalue weighted by Crippen LogP contribution is -2.10. The minimum Gasteiger partial charge on any atom is -0.451 e. The van der Waals surface area contributed by atoms with Crippen LogP contribution in [-0.2, 0) is 0 Å². The molecule has 5 rings (SSSR count). The Morgan fingerprint density at radius 3 is 2.70 bits per heavy atom. The topological polar surface area (TPSA) is 124 Å². The van der Waals surface area contributed by atoms with Crippen molar-refractivity contribution in [2.24, 2.45) is 0 Å². The second-order valence-electron chi connectivity index (χ2n) is 6.99. The summed E-state index contributed by atoms with van der Waals surface area (Å²) in [5, 5.41) is 14.0. The first kappa shape index (κ1) is 20.6. The molecule has 0 aliphatic heterocycles. The summed E-state index contributed by atoms with van der Waals surface area (Å²) in [6.45, 7) is 0. The number of nitro groups is 1. The van der Waals surface area contributed by atoms with E-state index in [0.717, 1.165) is 4.47 Å². The van der Waals surface area contributed by atoms with Crippen molar-refractivity contribution < 1.29 is 18.6 Å². The van der Waals surface area contributed by atoms with Gasteiger partial charge in [-0.1, -0.05) is 12.1 Å². The standard InChI is InChI=1S/C23H13BrN4O5/c24-14-9-13(11-25-12-14)23-27-17-10-15(5-6-20(17)33-23)26-22(29)21-8-7-19(32-21)16-3-1-2-4-18(16)28(30)31/h1-12H,(H,26,29). The van der Waals surface area contributed by atoms with Gasteiger partial charge in [-0.25, -0.2) is 4.98 Å². The molecule has 162 valence electrons. The van der Waals surface area contributed by atoms with Gasteiger partial charge in [0.15, 0.2) is 11.3 Å². The third-order valence-electron chi connectivity index (χ3n) is 4.79. The first-order valence-electron chi connectivity index (χ1n) is 9.64. The highest BCUT2D eigenvalue weighted by molar-refractivity contribution is 9.10. The number of carbonyl (C=O) groups is 1. The van der Waals surface area contributed by atoms with Crippen LogP contribution in [0.4, 0.5) is 11.4 Å². The number of furan rings is 1. The molecule has 10 heteroatoms. The zero-order chi connectivity index (χ0) is 22.9. The number of hydrogen-bond acceptors (Lipinski definition) is 7. The number of benzene rings is 2. The summed E-state index contributed by atoms with van der Waals surface area (Å²) in [5.41, 5.74) is 2.50. The number of nitro benzene ring substituents is 1. The van der Waals surface area contributed by atoms with Crippen molar-refractivity contribution in [3.8, 4) is 22.8 Å². The van der Waals surface area contributed by atoms with Crippen LogP contribution in [0.3, 0.4) is 0 Å². The summed E-state index contributed by atoms with van der Waals surface area (Å²) in [6.07, 6.45) is 3.31. The van der Waals surface area contributed by atoms with Gasteiger partial charge in [-0.05, 0) is 58.4 Å². The highest BCUT2D eigenvalue weighted by atomic mass is 79.9. The predicted molar refractivity (Wildman–Crippen MR) is 124 cm³/mol. The molecule has 1 amide bonds. The monoisotopic (exact) mass is 504 g/mol. The lowest BCUT2D eigenvalue weighted by atomic mass is 10.1. The fourth-order valence-corrected chi connectivity index (χ4v) is 3.66. The van der Waals surface area contributed by atoms with Crippen molar-refractivity contribution in [1.29, 1.82) is 0 Å². The number of nitrogens with one attached hydrogen (secondary N) is 1. The van der Waals surface area contributed by atoms with E-state index in [1.165, 1.54) is 18.2 Å². The number of para-hydroxylation sites is 1. The molecule has 5 aromatic rings. The van der Waals surface area contributed by atoms with Gasteiger partial charge in [0.25, 0.3) is 11.6 Å². The molecule has 3 heterocycles. The molecule has 9 nitrogen and oxygen atoms in total. The minimum absolute atomic E-state index is 0.0179. The van der Waals surface area contributed by atoms with E-state index in [-0.39, 0.29) is 17.2 Å². The Morgan fingerprint density at radius 2 is 1.88 bits per heavy atom. The number of rotatable bonds is 5. The first-order valence-corrected chi connectivity index (χ1v) is 10.4. The second kappa shape index (κ2) is 8.32. The maximum atomic E-state index is 12.7. The van der Waals surface area contributed by atoms with E-state index < -0.39 is 10.8 Å². The molecule has 0 fully saturated rings. The number of carbonyl (C=O) groups excluding carboxylic acids is 1. The summed E-state index contributed by atoms with van der Waals surface area (Å²) in [7, 11) is 0. The van der Waals surface area contributed by atoms with E-state index in [4.69, 9.17) is 8.83 Å². The molecule has 33 heavy (non-hydrogen) atoms. The highest BCUT2D eigenvalue weighted by Crippen LogP contribution is 2.31. The van der Waals surface area contributed by atoms with Gasteiger partial charge in [-0.2, -0.15) is 0 Å². The van der Waals surface area contributed by atoms with E-state index in [9.17, 15) is 14.9 Å². The lowest BCUT2D eigenvalue weighted by Gasteiger charge is -2.03. The van der Waals surface area contributed by atoms with Crippen molar-refractivity contribution in [2.75, 3.05) is 5.32 Å². The van der Waals surface area contributed by atoms with Crippen LogP contribution in [0.15, 0.2) is 86.4 Å². The first-order chi connectivity index (χ1) is 16.0. The molecule has 0 saturated carbocycles. The lowest BCUT2D eigenvalue weighted by molar-refractivity contribution is -0.384. The van der Waals surface area contributed by atoms with E-state index in [0.29, 0.717) is 33.8 Å². The Hall–Kier alpha value is -4.31. The van der Waals surface area contributed by atoms with Crippen LogP contribution in [0.25, 0.3) is 33.9 Å². The molecule has 0 spiro atoms. The maximum Gasteiger partial charge on any atom is 0.291 e. The molecule has 0 aliphatic carbocycles. The van der Waals surface area contributed by atoms with Crippen molar-refractivity contribution in [2.45, 2.75) is 0 Å². The number of hydrogen-bond donors (Lipinski definition) is 1. The van der Waals surface area contributed by atoms with Gasteiger partial charge in [0, 0.05) is 28.6 Å². The van der Waals surface area contributed by atoms with Crippen LogP contribution < -0.4 is 5.32 Å². The zero-order valence-electron chi connectivity index (χ0n) is 16.7. The largest absolute Gasteiger partial charge is 0.451 e. The SMILES string of the molecule is O=C(Nc1ccc2oc(-c3cncc(Br)c3)nc2c1)c1ccc(-c2ccccc2[N+](=O)[O-])o1. The summed E-state index contributed by atoms with van der Waals surface area (Å²) in [5.74, 6) is 0.150. The number of amides is 1. The van der Waals surface area contributed by atoms with Gasteiger partial charge in [0.1, 0.15) is 11.3 Å².